The summed E-state index contributed by atoms with van der Waals surface area (Å²) in [6.07, 6.45) is 7.47. The number of thiazole rings is 1. The SMILES string of the molecule is CCCCCCCCOc1ccc2nc(Nc3[nH]c(-c4cccs4)c4c3C(c3cccs3)=NC4=O)sc2c1. The molecule has 38 heavy (non-hydrogen) atoms. The maximum absolute atomic E-state index is 13.1. The summed E-state index contributed by atoms with van der Waals surface area (Å²) in [5, 5.41) is 8.23. The van der Waals surface area contributed by atoms with Crippen LogP contribution in [0, 0.1) is 0 Å². The third-order valence-corrected chi connectivity index (χ3v) is 9.24. The highest BCUT2D eigenvalue weighted by Gasteiger charge is 2.34. The fourth-order valence-electron chi connectivity index (χ4n) is 4.68. The molecular formula is C29H28N4O2S3. The highest BCUT2D eigenvalue weighted by molar-refractivity contribution is 7.22. The minimum atomic E-state index is -0.215. The first-order valence-corrected chi connectivity index (χ1v) is 15.6. The van der Waals surface area contributed by atoms with Crippen LogP contribution in [0.4, 0.5) is 10.9 Å². The number of carbonyl (C=O) groups excluding carboxylic acids is 1. The van der Waals surface area contributed by atoms with Gasteiger partial charge in [0.15, 0.2) is 5.13 Å². The fourth-order valence-corrected chi connectivity index (χ4v) is 7.03. The van der Waals surface area contributed by atoms with E-state index in [9.17, 15) is 4.79 Å². The van der Waals surface area contributed by atoms with Crippen LogP contribution in [0.15, 0.2) is 58.2 Å². The van der Waals surface area contributed by atoms with E-state index in [4.69, 9.17) is 9.72 Å². The second kappa shape index (κ2) is 11.2. The zero-order valence-electron chi connectivity index (χ0n) is 21.1. The van der Waals surface area contributed by atoms with Crippen LogP contribution in [-0.2, 0) is 0 Å². The molecular weight excluding hydrogens is 533 g/mol. The van der Waals surface area contributed by atoms with Crippen molar-refractivity contribution in [2.24, 2.45) is 4.99 Å². The molecule has 0 saturated carbocycles. The van der Waals surface area contributed by atoms with Gasteiger partial charge >= 0.3 is 0 Å². The lowest BCUT2D eigenvalue weighted by Gasteiger charge is -2.05. The Morgan fingerprint density at radius 2 is 1.74 bits per heavy atom. The van der Waals surface area contributed by atoms with Gasteiger partial charge in [-0.2, -0.15) is 0 Å². The maximum atomic E-state index is 13.1. The van der Waals surface area contributed by atoms with Crippen LogP contribution in [0.2, 0.25) is 0 Å². The predicted molar refractivity (Wildman–Crippen MR) is 160 cm³/mol. The largest absolute Gasteiger partial charge is 0.494 e. The van der Waals surface area contributed by atoms with Gasteiger partial charge in [-0.3, -0.25) is 4.79 Å². The lowest BCUT2D eigenvalue weighted by atomic mass is 10.1. The lowest BCUT2D eigenvalue weighted by molar-refractivity contribution is 0.101. The second-order valence-corrected chi connectivity index (χ2v) is 12.2. The molecule has 0 atom stereocenters. The van der Waals surface area contributed by atoms with Gasteiger partial charge in [0.05, 0.1) is 49.1 Å². The number of rotatable bonds is 12. The third-order valence-electron chi connectivity index (χ3n) is 6.54. The summed E-state index contributed by atoms with van der Waals surface area (Å²) in [6, 6.07) is 14.0. The number of carbonyl (C=O) groups is 1. The number of nitrogens with zero attached hydrogens (tertiary/aromatic N) is 2. The number of aliphatic imine (C=N–C) groups is 1. The summed E-state index contributed by atoms with van der Waals surface area (Å²) in [5.41, 5.74) is 3.83. The first-order chi connectivity index (χ1) is 18.7. The summed E-state index contributed by atoms with van der Waals surface area (Å²) in [7, 11) is 0. The van der Waals surface area contributed by atoms with Gasteiger partial charge in [0.2, 0.25) is 0 Å². The van der Waals surface area contributed by atoms with Gasteiger partial charge in [-0.05, 0) is 47.5 Å². The van der Waals surface area contributed by atoms with Crippen molar-refractivity contribution in [1.29, 1.82) is 0 Å². The molecule has 6 nitrogen and oxygen atoms in total. The van der Waals surface area contributed by atoms with Gasteiger partial charge in [-0.15, -0.1) is 22.7 Å². The predicted octanol–water partition coefficient (Wildman–Crippen LogP) is 8.89. The van der Waals surface area contributed by atoms with E-state index in [0.717, 1.165) is 61.0 Å². The Morgan fingerprint density at radius 3 is 2.53 bits per heavy atom. The van der Waals surface area contributed by atoms with Crippen molar-refractivity contribution in [3.8, 4) is 16.3 Å². The molecule has 6 rings (SSSR count). The lowest BCUT2D eigenvalue weighted by Crippen LogP contribution is -2.01. The molecule has 2 N–H and O–H groups in total. The summed E-state index contributed by atoms with van der Waals surface area (Å²) in [4.78, 5) is 27.7. The number of ether oxygens (including phenoxy) is 1. The first-order valence-electron chi connectivity index (χ1n) is 13.0. The molecule has 1 aromatic carbocycles. The number of amides is 1. The van der Waals surface area contributed by atoms with E-state index in [1.807, 2.05) is 47.2 Å². The number of unbranched alkanes of at least 4 members (excludes halogenated alkanes) is 5. The van der Waals surface area contributed by atoms with Crippen LogP contribution in [-0.4, -0.2) is 28.2 Å². The average Bonchev–Trinajstić information content (AvgIpc) is 3.74. The number of benzene rings is 1. The van der Waals surface area contributed by atoms with Crippen LogP contribution in [0.5, 0.6) is 5.75 Å². The Bertz CT molecular complexity index is 1580. The molecule has 194 valence electrons. The van der Waals surface area contributed by atoms with Gasteiger partial charge in [0.25, 0.3) is 5.91 Å². The minimum absolute atomic E-state index is 0.215. The van der Waals surface area contributed by atoms with Crippen LogP contribution in [0.3, 0.4) is 0 Å². The summed E-state index contributed by atoms with van der Waals surface area (Å²) < 4.78 is 7.08. The maximum Gasteiger partial charge on any atom is 0.280 e. The zero-order chi connectivity index (χ0) is 25.9. The van der Waals surface area contributed by atoms with E-state index in [1.165, 1.54) is 32.1 Å². The number of fused-ring (bicyclic) bond motifs is 2. The second-order valence-electron chi connectivity index (χ2n) is 9.23. The molecule has 1 amide bonds. The molecule has 0 radical (unpaired) electrons. The normalized spacial score (nSPS) is 12.8. The molecule has 4 aromatic heterocycles. The fraction of sp³-hybridized carbons (Fsp3) is 0.276. The highest BCUT2D eigenvalue weighted by Crippen LogP contribution is 2.41. The number of thiophene rings is 2. The van der Waals surface area contributed by atoms with Gasteiger partial charge in [0, 0.05) is 0 Å². The molecule has 0 unspecified atom stereocenters. The van der Waals surface area contributed by atoms with Crippen molar-refractivity contribution in [1.82, 2.24) is 9.97 Å². The molecule has 5 heterocycles. The Morgan fingerprint density at radius 1 is 0.947 bits per heavy atom. The van der Waals surface area contributed by atoms with E-state index in [2.05, 4.69) is 28.3 Å². The van der Waals surface area contributed by atoms with Gasteiger partial charge in [0.1, 0.15) is 11.6 Å². The monoisotopic (exact) mass is 560 g/mol. The zero-order valence-corrected chi connectivity index (χ0v) is 23.5. The molecule has 1 aliphatic heterocycles. The van der Waals surface area contributed by atoms with Crippen LogP contribution < -0.4 is 10.1 Å². The Balaban J connectivity index is 1.24. The number of H-pyrrole nitrogens is 1. The number of anilines is 2. The summed E-state index contributed by atoms with van der Waals surface area (Å²) in [6.45, 7) is 2.98. The van der Waals surface area contributed by atoms with Crippen molar-refractivity contribution >= 4 is 66.8 Å². The topological polar surface area (TPSA) is 79.4 Å². The molecule has 0 spiro atoms. The van der Waals surface area contributed by atoms with Crippen molar-refractivity contribution in [3.63, 3.8) is 0 Å². The van der Waals surface area contributed by atoms with Crippen LogP contribution in [0.1, 0.15) is 66.2 Å². The van der Waals surface area contributed by atoms with E-state index in [1.54, 1.807) is 34.0 Å². The molecule has 0 bridgehead atoms. The van der Waals surface area contributed by atoms with Crippen LogP contribution in [0.25, 0.3) is 20.8 Å². The van der Waals surface area contributed by atoms with Crippen molar-refractivity contribution in [2.75, 3.05) is 11.9 Å². The number of aromatic nitrogens is 2. The van der Waals surface area contributed by atoms with Crippen molar-refractivity contribution in [3.05, 3.63) is 69.2 Å². The Labute approximate surface area is 233 Å². The van der Waals surface area contributed by atoms with E-state index in [-0.39, 0.29) is 5.91 Å². The molecule has 9 heteroatoms. The summed E-state index contributed by atoms with van der Waals surface area (Å²) >= 11 is 4.74. The summed E-state index contributed by atoms with van der Waals surface area (Å²) in [5.74, 6) is 1.40. The first kappa shape index (κ1) is 25.0. The minimum Gasteiger partial charge on any atom is -0.494 e. The van der Waals surface area contributed by atoms with Crippen LogP contribution >= 0.6 is 34.0 Å². The molecule has 0 saturated heterocycles. The number of hydrogen-bond acceptors (Lipinski definition) is 7. The quantitative estimate of drug-likeness (QED) is 0.149. The smallest absolute Gasteiger partial charge is 0.280 e. The molecule has 1 aliphatic rings. The third kappa shape index (κ3) is 5.06. The Kier molecular flexibility index (Phi) is 7.40. The highest BCUT2D eigenvalue weighted by atomic mass is 32.1. The van der Waals surface area contributed by atoms with E-state index in [0.29, 0.717) is 11.3 Å². The van der Waals surface area contributed by atoms with E-state index >= 15 is 0 Å². The number of nitrogens with one attached hydrogen (secondary N) is 2. The van der Waals surface area contributed by atoms with E-state index < -0.39 is 0 Å². The number of hydrogen-bond donors (Lipinski definition) is 2. The standard InChI is InChI=1S/C29H28N4O2S3/c1-2-3-4-5-6-7-14-35-18-12-13-19-22(17-18)38-29(30-19)33-27-23-24(26(31-27)21-11-9-16-37-21)28(34)32-25(23)20-10-8-15-36-20/h8-13,15-17,31H,2-7,14H2,1H3,(H,30,33). The van der Waals surface area contributed by atoms with Crippen molar-refractivity contribution < 1.29 is 9.53 Å². The van der Waals surface area contributed by atoms with Gasteiger partial charge in [-0.1, -0.05) is 62.5 Å². The molecule has 0 fully saturated rings. The van der Waals surface area contributed by atoms with Gasteiger partial charge < -0.3 is 15.0 Å². The number of aromatic amines is 1. The van der Waals surface area contributed by atoms with Crippen molar-refractivity contribution in [2.45, 2.75) is 45.4 Å². The Hall–Kier alpha value is -3.27. The van der Waals surface area contributed by atoms with Gasteiger partial charge in [-0.25, -0.2) is 9.98 Å². The average molecular weight is 561 g/mol. The molecule has 5 aromatic rings. The molecule has 0 aliphatic carbocycles.